The number of halogens is 1. The summed E-state index contributed by atoms with van der Waals surface area (Å²) < 4.78 is 0. The summed E-state index contributed by atoms with van der Waals surface area (Å²) in [5, 5.41) is 15.3. The van der Waals surface area contributed by atoms with Gasteiger partial charge in [0.05, 0.1) is 22.3 Å². The molecular formula is C21H18ClN5O. The van der Waals surface area contributed by atoms with Crippen LogP contribution in [0.3, 0.4) is 0 Å². The Hall–Kier alpha value is -3.43. The highest BCUT2D eigenvalue weighted by Gasteiger charge is 2.13. The second-order valence-electron chi connectivity index (χ2n) is 6.43. The number of aromatic nitrogens is 2. The molecule has 0 unspecified atom stereocenters. The lowest BCUT2D eigenvalue weighted by atomic mass is 10.1. The fourth-order valence-corrected chi connectivity index (χ4v) is 3.12. The Balaban J connectivity index is 1.85. The van der Waals surface area contributed by atoms with Crippen LogP contribution in [0.4, 0.5) is 17.3 Å². The number of nitrogens with zero attached hydrogens (tertiary/aromatic N) is 3. The van der Waals surface area contributed by atoms with Crippen LogP contribution in [0, 0.1) is 32.1 Å². The average Bonchev–Trinajstić information content (AvgIpc) is 2.65. The van der Waals surface area contributed by atoms with E-state index in [-0.39, 0.29) is 11.6 Å². The van der Waals surface area contributed by atoms with Crippen LogP contribution in [0.1, 0.15) is 32.9 Å². The lowest BCUT2D eigenvalue weighted by Crippen LogP contribution is -2.15. The lowest BCUT2D eigenvalue weighted by molar-refractivity contribution is 0.102. The largest absolute Gasteiger partial charge is 0.323 e. The Bertz CT molecular complexity index is 1060. The van der Waals surface area contributed by atoms with Gasteiger partial charge in [0.1, 0.15) is 5.69 Å². The highest BCUT2D eigenvalue weighted by Crippen LogP contribution is 2.29. The minimum atomic E-state index is -0.370. The Labute approximate surface area is 168 Å². The number of nitrogens with one attached hydrogen (secondary N) is 2. The minimum absolute atomic E-state index is 0.222. The maximum absolute atomic E-state index is 12.6. The molecule has 2 aromatic carbocycles. The van der Waals surface area contributed by atoms with Gasteiger partial charge in [-0.05, 0) is 68.3 Å². The first-order chi connectivity index (χ1) is 13.4. The van der Waals surface area contributed by atoms with Gasteiger partial charge >= 0.3 is 0 Å². The number of aryl methyl sites for hydroxylation is 3. The van der Waals surface area contributed by atoms with E-state index < -0.39 is 0 Å². The fourth-order valence-electron chi connectivity index (χ4n) is 2.75. The number of carbonyl (C=O) groups excluding carboxylic acids is 1. The van der Waals surface area contributed by atoms with Gasteiger partial charge in [0.2, 0.25) is 5.95 Å². The molecule has 3 aromatic rings. The summed E-state index contributed by atoms with van der Waals surface area (Å²) in [6, 6.07) is 14.1. The Kier molecular flexibility index (Phi) is 5.57. The van der Waals surface area contributed by atoms with Crippen LogP contribution < -0.4 is 10.6 Å². The van der Waals surface area contributed by atoms with Crippen LogP contribution in [0.25, 0.3) is 0 Å². The number of carbonyl (C=O) groups is 1. The van der Waals surface area contributed by atoms with E-state index in [4.69, 9.17) is 16.9 Å². The first-order valence-corrected chi connectivity index (χ1v) is 8.94. The van der Waals surface area contributed by atoms with Crippen LogP contribution in [-0.2, 0) is 0 Å². The standard InChI is InChI=1S/C21H18ClN5O/c1-12-8-13(2)19(17(22)9-12)27-21-24-14(3)10-18(26-21)20(28)25-16-6-4-15(11-23)5-7-16/h4-10H,1-3H3,(H,25,28)(H,24,26,27). The van der Waals surface area contributed by atoms with E-state index in [2.05, 4.69) is 20.6 Å². The van der Waals surface area contributed by atoms with Gasteiger partial charge in [-0.25, -0.2) is 9.97 Å². The van der Waals surface area contributed by atoms with Crippen LogP contribution in [0.15, 0.2) is 42.5 Å². The SMILES string of the molecule is Cc1cc(C)c(Nc2nc(C)cc(C(=O)Nc3ccc(C#N)cc3)n2)c(Cl)c1. The van der Waals surface area contributed by atoms with Crippen molar-refractivity contribution in [3.8, 4) is 6.07 Å². The quantitative estimate of drug-likeness (QED) is 0.658. The van der Waals surface area contributed by atoms with Crippen LogP contribution in [-0.4, -0.2) is 15.9 Å². The zero-order valence-corrected chi connectivity index (χ0v) is 16.4. The Morgan fingerprint density at radius 2 is 1.79 bits per heavy atom. The fraction of sp³-hybridized carbons (Fsp3) is 0.143. The molecule has 28 heavy (non-hydrogen) atoms. The second kappa shape index (κ2) is 8.07. The number of benzene rings is 2. The predicted octanol–water partition coefficient (Wildman–Crippen LogP) is 4.92. The number of rotatable bonds is 4. The van der Waals surface area contributed by atoms with Crippen molar-refractivity contribution >= 4 is 34.8 Å². The molecule has 2 N–H and O–H groups in total. The summed E-state index contributed by atoms with van der Waals surface area (Å²) in [6.07, 6.45) is 0. The Morgan fingerprint density at radius 3 is 2.43 bits per heavy atom. The van der Waals surface area contributed by atoms with Crippen LogP contribution in [0.5, 0.6) is 0 Å². The topological polar surface area (TPSA) is 90.7 Å². The molecule has 1 heterocycles. The molecule has 3 rings (SSSR count). The highest BCUT2D eigenvalue weighted by atomic mass is 35.5. The van der Waals surface area contributed by atoms with Crippen molar-refractivity contribution in [1.29, 1.82) is 5.26 Å². The van der Waals surface area contributed by atoms with Crippen molar-refractivity contribution in [1.82, 2.24) is 9.97 Å². The molecule has 0 saturated heterocycles. The molecule has 0 spiro atoms. The number of hydrogen-bond acceptors (Lipinski definition) is 5. The molecule has 0 radical (unpaired) electrons. The predicted molar refractivity (Wildman–Crippen MR) is 110 cm³/mol. The lowest BCUT2D eigenvalue weighted by Gasteiger charge is -2.13. The molecule has 0 aliphatic rings. The summed E-state index contributed by atoms with van der Waals surface area (Å²) in [6.45, 7) is 5.70. The maximum atomic E-state index is 12.6. The van der Waals surface area contributed by atoms with E-state index in [0.29, 0.717) is 33.6 Å². The zero-order valence-electron chi connectivity index (χ0n) is 15.7. The molecule has 0 atom stereocenters. The minimum Gasteiger partial charge on any atom is -0.323 e. The molecule has 1 aromatic heterocycles. The summed E-state index contributed by atoms with van der Waals surface area (Å²) in [4.78, 5) is 21.3. The molecule has 0 fully saturated rings. The molecule has 6 nitrogen and oxygen atoms in total. The van der Waals surface area contributed by atoms with E-state index in [0.717, 1.165) is 11.1 Å². The van der Waals surface area contributed by atoms with Gasteiger partial charge < -0.3 is 10.6 Å². The molecule has 0 aliphatic carbocycles. The monoisotopic (exact) mass is 391 g/mol. The number of amides is 1. The molecule has 7 heteroatoms. The van der Waals surface area contributed by atoms with Crippen molar-refractivity contribution in [2.45, 2.75) is 20.8 Å². The molecule has 0 bridgehead atoms. The normalized spacial score (nSPS) is 10.2. The van der Waals surface area contributed by atoms with Crippen molar-refractivity contribution in [2.24, 2.45) is 0 Å². The van der Waals surface area contributed by atoms with Gasteiger partial charge in [-0.3, -0.25) is 4.79 Å². The molecule has 0 aliphatic heterocycles. The van der Waals surface area contributed by atoms with Crippen molar-refractivity contribution in [3.05, 3.63) is 75.6 Å². The third-order valence-corrected chi connectivity index (χ3v) is 4.33. The van der Waals surface area contributed by atoms with Gasteiger partial charge in [0.25, 0.3) is 5.91 Å². The second-order valence-corrected chi connectivity index (χ2v) is 6.83. The van der Waals surface area contributed by atoms with E-state index in [1.165, 1.54) is 0 Å². The first kappa shape index (κ1) is 19.3. The summed E-state index contributed by atoms with van der Waals surface area (Å²) >= 11 is 6.34. The molecule has 0 saturated carbocycles. The maximum Gasteiger partial charge on any atom is 0.274 e. The van der Waals surface area contributed by atoms with Gasteiger partial charge in [-0.1, -0.05) is 17.7 Å². The zero-order chi connectivity index (χ0) is 20.3. The summed E-state index contributed by atoms with van der Waals surface area (Å²) in [7, 11) is 0. The highest BCUT2D eigenvalue weighted by molar-refractivity contribution is 6.33. The molecule has 1 amide bonds. The van der Waals surface area contributed by atoms with Crippen LogP contribution in [0.2, 0.25) is 5.02 Å². The van der Waals surface area contributed by atoms with Crippen LogP contribution >= 0.6 is 11.6 Å². The van der Waals surface area contributed by atoms with Gasteiger partial charge in [-0.2, -0.15) is 5.26 Å². The molecular weight excluding hydrogens is 374 g/mol. The van der Waals surface area contributed by atoms with Gasteiger partial charge in [0.15, 0.2) is 0 Å². The number of anilines is 3. The first-order valence-electron chi connectivity index (χ1n) is 8.56. The smallest absolute Gasteiger partial charge is 0.274 e. The Morgan fingerprint density at radius 1 is 1.07 bits per heavy atom. The van der Waals surface area contributed by atoms with Gasteiger partial charge in [0, 0.05) is 11.4 Å². The van der Waals surface area contributed by atoms with Gasteiger partial charge in [-0.15, -0.1) is 0 Å². The number of hydrogen-bond donors (Lipinski definition) is 2. The number of nitriles is 1. The summed E-state index contributed by atoms with van der Waals surface area (Å²) in [5.74, 6) is -0.0798. The molecule has 140 valence electrons. The van der Waals surface area contributed by atoms with Crippen molar-refractivity contribution < 1.29 is 4.79 Å². The van der Waals surface area contributed by atoms with E-state index in [1.54, 1.807) is 37.3 Å². The van der Waals surface area contributed by atoms with Crippen molar-refractivity contribution in [3.63, 3.8) is 0 Å². The van der Waals surface area contributed by atoms with Crippen molar-refractivity contribution in [2.75, 3.05) is 10.6 Å². The van der Waals surface area contributed by atoms with E-state index in [9.17, 15) is 4.79 Å². The summed E-state index contributed by atoms with van der Waals surface area (Å²) in [5.41, 5.74) is 4.68. The third-order valence-electron chi connectivity index (χ3n) is 4.03. The van der Waals surface area contributed by atoms with E-state index >= 15 is 0 Å². The third kappa shape index (κ3) is 4.45. The average molecular weight is 392 g/mol. The van der Waals surface area contributed by atoms with E-state index in [1.807, 2.05) is 32.0 Å².